The van der Waals surface area contributed by atoms with E-state index in [0.717, 1.165) is 22.0 Å². The van der Waals surface area contributed by atoms with Crippen LogP contribution < -0.4 is 5.32 Å². The topological polar surface area (TPSA) is 81.3 Å². The van der Waals surface area contributed by atoms with Crippen LogP contribution in [0.2, 0.25) is 5.02 Å². The number of hydrogen-bond donors (Lipinski definition) is 2. The third-order valence-corrected chi connectivity index (χ3v) is 5.69. The Bertz CT molecular complexity index is 1080. The molecule has 2 aromatic carbocycles. The molecule has 0 aliphatic carbocycles. The molecule has 2 amide bonds. The van der Waals surface area contributed by atoms with Crippen molar-refractivity contribution in [2.45, 2.75) is 13.8 Å². The number of fused-ring (bicyclic) bond motifs is 1. The van der Waals surface area contributed by atoms with Gasteiger partial charge in [0.25, 0.3) is 5.91 Å². The predicted octanol–water partition coefficient (Wildman–Crippen LogP) is 3.23. The summed E-state index contributed by atoms with van der Waals surface area (Å²) in [5, 5.41) is 11.4. The van der Waals surface area contributed by atoms with Gasteiger partial charge in [-0.3, -0.25) is 19.6 Å². The molecule has 1 fully saturated rings. The van der Waals surface area contributed by atoms with Crippen LogP contribution >= 0.6 is 11.6 Å². The maximum absolute atomic E-state index is 12.9. The van der Waals surface area contributed by atoms with E-state index in [1.165, 1.54) is 0 Å². The minimum atomic E-state index is -0.109. The predicted molar refractivity (Wildman–Crippen MR) is 118 cm³/mol. The highest BCUT2D eigenvalue weighted by molar-refractivity contribution is 6.34. The van der Waals surface area contributed by atoms with Crippen molar-refractivity contribution < 1.29 is 9.59 Å². The third kappa shape index (κ3) is 4.17. The molecular formula is C22H24ClN5O2. The maximum atomic E-state index is 12.9. The number of nitrogens with zero attached hydrogens (tertiary/aromatic N) is 3. The Kier molecular flexibility index (Phi) is 5.74. The minimum absolute atomic E-state index is 0.0846. The first-order valence-corrected chi connectivity index (χ1v) is 10.3. The van der Waals surface area contributed by atoms with Crippen LogP contribution in [0, 0.1) is 13.8 Å². The Morgan fingerprint density at radius 1 is 1.13 bits per heavy atom. The number of H-pyrrole nitrogens is 1. The van der Waals surface area contributed by atoms with Crippen molar-refractivity contribution in [3.8, 4) is 0 Å². The number of carbonyl (C=O) groups is 2. The lowest BCUT2D eigenvalue weighted by Crippen LogP contribution is -2.50. The summed E-state index contributed by atoms with van der Waals surface area (Å²) in [4.78, 5) is 29.2. The van der Waals surface area contributed by atoms with E-state index in [-0.39, 0.29) is 18.4 Å². The number of piperazine rings is 1. The average molecular weight is 426 g/mol. The van der Waals surface area contributed by atoms with Gasteiger partial charge in [0.1, 0.15) is 0 Å². The molecule has 0 spiro atoms. The van der Waals surface area contributed by atoms with Crippen LogP contribution in [0.25, 0.3) is 10.9 Å². The number of aromatic nitrogens is 2. The molecule has 2 N–H and O–H groups in total. The summed E-state index contributed by atoms with van der Waals surface area (Å²) in [5.74, 6) is -0.194. The molecule has 0 unspecified atom stereocenters. The number of amides is 2. The average Bonchev–Trinajstić information content (AvgIpc) is 3.15. The highest BCUT2D eigenvalue weighted by Gasteiger charge is 2.26. The first kappa shape index (κ1) is 20.4. The van der Waals surface area contributed by atoms with E-state index < -0.39 is 0 Å². The van der Waals surface area contributed by atoms with Gasteiger partial charge in [0.2, 0.25) is 5.91 Å². The molecule has 0 atom stereocenters. The molecule has 3 aromatic rings. The van der Waals surface area contributed by atoms with E-state index in [4.69, 9.17) is 11.6 Å². The fourth-order valence-corrected chi connectivity index (χ4v) is 4.21. The number of hydrogen-bond acceptors (Lipinski definition) is 4. The van der Waals surface area contributed by atoms with Crippen molar-refractivity contribution in [2.75, 3.05) is 38.0 Å². The third-order valence-electron chi connectivity index (χ3n) is 5.40. The van der Waals surface area contributed by atoms with Crippen LogP contribution in [0.1, 0.15) is 21.6 Å². The second-order valence-corrected chi connectivity index (χ2v) is 8.08. The number of rotatable bonds is 4. The van der Waals surface area contributed by atoms with Gasteiger partial charge in [0, 0.05) is 31.6 Å². The van der Waals surface area contributed by atoms with Crippen molar-refractivity contribution >= 4 is 40.0 Å². The van der Waals surface area contributed by atoms with Gasteiger partial charge < -0.3 is 10.2 Å². The summed E-state index contributed by atoms with van der Waals surface area (Å²) >= 11 is 6.28. The number of para-hydroxylation sites is 1. The number of halogens is 1. The van der Waals surface area contributed by atoms with Gasteiger partial charge in [-0.1, -0.05) is 35.9 Å². The lowest BCUT2D eigenvalue weighted by molar-refractivity contribution is -0.117. The molecule has 7 nitrogen and oxygen atoms in total. The summed E-state index contributed by atoms with van der Waals surface area (Å²) in [5.41, 5.74) is 3.95. The highest BCUT2D eigenvalue weighted by atomic mass is 35.5. The zero-order valence-corrected chi connectivity index (χ0v) is 17.8. The Balaban J connectivity index is 1.33. The summed E-state index contributed by atoms with van der Waals surface area (Å²) in [7, 11) is 0. The molecule has 4 rings (SSSR count). The molecule has 1 aromatic heterocycles. The minimum Gasteiger partial charge on any atom is -0.335 e. The van der Waals surface area contributed by atoms with Crippen LogP contribution in [0.5, 0.6) is 0 Å². The number of anilines is 1. The van der Waals surface area contributed by atoms with Crippen molar-refractivity contribution in [1.29, 1.82) is 0 Å². The SMILES string of the molecule is Cc1cc(C)c(NC(=O)CN2CCN(C(=O)c3n[nH]c4ccccc34)CC2)c(Cl)c1. The standard InChI is InChI=1S/C22H24ClN5O2/c1-14-11-15(2)20(17(23)12-14)24-19(29)13-27-7-9-28(10-8-27)22(30)21-16-5-3-4-6-18(16)25-26-21/h3-6,11-12H,7-10,13H2,1-2H3,(H,24,29)(H,25,26). The first-order valence-electron chi connectivity index (χ1n) is 9.93. The zero-order chi connectivity index (χ0) is 21.3. The summed E-state index contributed by atoms with van der Waals surface area (Å²) in [6, 6.07) is 11.4. The Morgan fingerprint density at radius 2 is 1.87 bits per heavy atom. The molecular weight excluding hydrogens is 402 g/mol. The van der Waals surface area contributed by atoms with Gasteiger partial charge in [-0.05, 0) is 37.1 Å². The number of aromatic amines is 1. The normalized spacial score (nSPS) is 14.8. The lowest BCUT2D eigenvalue weighted by Gasteiger charge is -2.34. The molecule has 1 aliphatic heterocycles. The molecule has 0 saturated carbocycles. The summed E-state index contributed by atoms with van der Waals surface area (Å²) in [6.45, 7) is 6.52. The zero-order valence-electron chi connectivity index (χ0n) is 17.0. The van der Waals surface area contributed by atoms with E-state index in [1.54, 1.807) is 4.90 Å². The first-order chi connectivity index (χ1) is 14.4. The summed E-state index contributed by atoms with van der Waals surface area (Å²) in [6.07, 6.45) is 0. The quantitative estimate of drug-likeness (QED) is 0.672. The van der Waals surface area contributed by atoms with Gasteiger partial charge in [-0.15, -0.1) is 0 Å². The maximum Gasteiger partial charge on any atom is 0.275 e. The van der Waals surface area contributed by atoms with Gasteiger partial charge in [0.15, 0.2) is 5.69 Å². The second kappa shape index (κ2) is 8.45. The van der Waals surface area contributed by atoms with Gasteiger partial charge in [-0.25, -0.2) is 0 Å². The fourth-order valence-electron chi connectivity index (χ4n) is 3.84. The molecule has 8 heteroatoms. The molecule has 156 valence electrons. The van der Waals surface area contributed by atoms with E-state index in [2.05, 4.69) is 15.5 Å². The Morgan fingerprint density at radius 3 is 2.60 bits per heavy atom. The monoisotopic (exact) mass is 425 g/mol. The Labute approximate surface area is 180 Å². The van der Waals surface area contributed by atoms with Crippen LogP contribution in [-0.4, -0.2) is 64.5 Å². The molecule has 0 bridgehead atoms. The molecule has 0 radical (unpaired) electrons. The van der Waals surface area contributed by atoms with Crippen molar-refractivity contribution in [2.24, 2.45) is 0 Å². The van der Waals surface area contributed by atoms with Crippen LogP contribution in [0.3, 0.4) is 0 Å². The van der Waals surface area contributed by atoms with Gasteiger partial charge >= 0.3 is 0 Å². The molecule has 2 heterocycles. The smallest absolute Gasteiger partial charge is 0.275 e. The fraction of sp³-hybridized carbons (Fsp3) is 0.318. The van der Waals surface area contributed by atoms with Gasteiger partial charge in [0.05, 0.1) is 22.8 Å². The highest BCUT2D eigenvalue weighted by Crippen LogP contribution is 2.27. The number of aryl methyl sites for hydroxylation is 2. The van der Waals surface area contributed by atoms with E-state index in [1.807, 2.05) is 55.1 Å². The van der Waals surface area contributed by atoms with Crippen LogP contribution in [0.4, 0.5) is 5.69 Å². The van der Waals surface area contributed by atoms with Crippen molar-refractivity contribution in [3.05, 3.63) is 58.2 Å². The van der Waals surface area contributed by atoms with Crippen molar-refractivity contribution in [3.63, 3.8) is 0 Å². The molecule has 30 heavy (non-hydrogen) atoms. The van der Waals surface area contributed by atoms with Gasteiger partial charge in [-0.2, -0.15) is 5.10 Å². The van der Waals surface area contributed by atoms with Crippen LogP contribution in [-0.2, 0) is 4.79 Å². The molecule has 1 aliphatic rings. The number of carbonyl (C=O) groups excluding carboxylic acids is 2. The summed E-state index contributed by atoms with van der Waals surface area (Å²) < 4.78 is 0. The van der Waals surface area contributed by atoms with Crippen molar-refractivity contribution in [1.82, 2.24) is 20.0 Å². The van der Waals surface area contributed by atoms with E-state index >= 15 is 0 Å². The van der Waals surface area contributed by atoms with E-state index in [0.29, 0.717) is 42.6 Å². The largest absolute Gasteiger partial charge is 0.335 e. The second-order valence-electron chi connectivity index (χ2n) is 7.67. The number of nitrogens with one attached hydrogen (secondary N) is 2. The van der Waals surface area contributed by atoms with E-state index in [9.17, 15) is 9.59 Å². The Hall–Kier alpha value is -2.90. The number of benzene rings is 2. The van der Waals surface area contributed by atoms with Crippen LogP contribution in [0.15, 0.2) is 36.4 Å². The lowest BCUT2D eigenvalue weighted by atomic mass is 10.1. The molecule has 1 saturated heterocycles.